The third kappa shape index (κ3) is 9.30. The minimum atomic E-state index is 0.0772. The van der Waals surface area contributed by atoms with Crippen molar-refractivity contribution in [3.05, 3.63) is 0 Å². The summed E-state index contributed by atoms with van der Waals surface area (Å²) in [6.07, 6.45) is 2.13. The van der Waals surface area contributed by atoms with Crippen LogP contribution in [0.4, 0.5) is 0 Å². The fourth-order valence-electron chi connectivity index (χ4n) is 0.891. The lowest BCUT2D eigenvalue weighted by Crippen LogP contribution is -2.27. The molecule has 0 saturated carbocycles. The Balaban J connectivity index is 3.20. The topological polar surface area (TPSA) is 64.3 Å². The van der Waals surface area contributed by atoms with Crippen molar-refractivity contribution in [2.24, 2.45) is 5.73 Å². The normalized spacial score (nSPS) is 12.5. The number of amides is 1. The predicted octanol–water partition coefficient (Wildman–Crippen LogP) is 0.267. The highest BCUT2D eigenvalue weighted by atomic mass is 16.5. The third-order valence-corrected chi connectivity index (χ3v) is 1.67. The zero-order chi connectivity index (χ0) is 10.1. The molecule has 3 N–H and O–H groups in total. The molecule has 0 aliphatic rings. The molecule has 78 valence electrons. The smallest absolute Gasteiger partial charge is 0.220 e. The zero-order valence-electron chi connectivity index (χ0n) is 8.51. The van der Waals surface area contributed by atoms with Crippen molar-refractivity contribution in [3.8, 4) is 0 Å². The molecule has 0 spiro atoms. The van der Waals surface area contributed by atoms with Gasteiger partial charge in [0.1, 0.15) is 0 Å². The van der Waals surface area contributed by atoms with Crippen LogP contribution in [0.15, 0.2) is 0 Å². The molecule has 4 nitrogen and oxygen atoms in total. The molecule has 0 aromatic heterocycles. The zero-order valence-corrected chi connectivity index (χ0v) is 8.51. The van der Waals surface area contributed by atoms with Crippen molar-refractivity contribution < 1.29 is 9.53 Å². The summed E-state index contributed by atoms with van der Waals surface area (Å²) in [6.45, 7) is 3.28. The Kier molecular flexibility index (Phi) is 7.63. The average Bonchev–Trinajstić information content (AvgIpc) is 2.09. The largest absolute Gasteiger partial charge is 0.385 e. The molecule has 1 atom stereocenters. The van der Waals surface area contributed by atoms with Crippen LogP contribution in [0.3, 0.4) is 0 Å². The number of nitrogens with two attached hydrogens (primary N) is 1. The monoisotopic (exact) mass is 188 g/mol. The van der Waals surface area contributed by atoms with Gasteiger partial charge in [-0.1, -0.05) is 0 Å². The summed E-state index contributed by atoms with van der Waals surface area (Å²) in [5, 5.41) is 2.80. The van der Waals surface area contributed by atoms with Crippen LogP contribution in [0.2, 0.25) is 0 Å². The molecule has 1 amide bonds. The molecular formula is C9H20N2O2. The van der Waals surface area contributed by atoms with Crippen LogP contribution in [0.1, 0.15) is 26.2 Å². The van der Waals surface area contributed by atoms with E-state index in [9.17, 15) is 4.79 Å². The van der Waals surface area contributed by atoms with E-state index in [0.29, 0.717) is 19.6 Å². The number of hydrogen-bond acceptors (Lipinski definition) is 3. The molecule has 0 heterocycles. The van der Waals surface area contributed by atoms with Crippen LogP contribution in [0.5, 0.6) is 0 Å². The fraction of sp³-hybridized carbons (Fsp3) is 0.889. The quantitative estimate of drug-likeness (QED) is 0.563. The second kappa shape index (κ2) is 8.01. The van der Waals surface area contributed by atoms with Gasteiger partial charge in [-0.3, -0.25) is 4.79 Å². The first-order chi connectivity index (χ1) is 6.16. The van der Waals surface area contributed by atoms with Crippen LogP contribution in [-0.4, -0.2) is 32.2 Å². The van der Waals surface area contributed by atoms with E-state index >= 15 is 0 Å². The Labute approximate surface area is 79.8 Å². The van der Waals surface area contributed by atoms with E-state index in [-0.39, 0.29) is 11.9 Å². The second-order valence-electron chi connectivity index (χ2n) is 3.21. The first kappa shape index (κ1) is 12.4. The Bertz CT molecular complexity index is 138. The Morgan fingerprint density at radius 1 is 1.62 bits per heavy atom. The van der Waals surface area contributed by atoms with Gasteiger partial charge >= 0.3 is 0 Å². The maximum Gasteiger partial charge on any atom is 0.220 e. The summed E-state index contributed by atoms with van der Waals surface area (Å²) in [7, 11) is 1.65. The van der Waals surface area contributed by atoms with Gasteiger partial charge in [-0.2, -0.15) is 0 Å². The molecule has 0 radical (unpaired) electrons. The minimum Gasteiger partial charge on any atom is -0.385 e. The first-order valence-corrected chi connectivity index (χ1v) is 4.68. The number of carbonyl (C=O) groups excluding carboxylic acids is 1. The van der Waals surface area contributed by atoms with Crippen LogP contribution in [0, 0.1) is 0 Å². The van der Waals surface area contributed by atoms with Gasteiger partial charge in [0.05, 0.1) is 0 Å². The van der Waals surface area contributed by atoms with Crippen molar-refractivity contribution in [1.29, 1.82) is 0 Å². The van der Waals surface area contributed by atoms with Crippen LogP contribution in [0.25, 0.3) is 0 Å². The number of hydrogen-bond donors (Lipinski definition) is 2. The van der Waals surface area contributed by atoms with Gasteiger partial charge < -0.3 is 15.8 Å². The average molecular weight is 188 g/mol. The molecule has 1 unspecified atom stereocenters. The van der Waals surface area contributed by atoms with Crippen LogP contribution >= 0.6 is 0 Å². The highest BCUT2D eigenvalue weighted by molar-refractivity contribution is 5.75. The Morgan fingerprint density at radius 2 is 2.31 bits per heavy atom. The summed E-state index contributed by atoms with van der Waals surface area (Å²) in [6, 6.07) is 0.102. The minimum absolute atomic E-state index is 0.0772. The van der Waals surface area contributed by atoms with Crippen LogP contribution < -0.4 is 11.1 Å². The molecule has 0 bridgehead atoms. The number of nitrogens with one attached hydrogen (secondary N) is 1. The van der Waals surface area contributed by atoms with Crippen molar-refractivity contribution >= 4 is 5.91 Å². The molecular weight excluding hydrogens is 168 g/mol. The Hall–Kier alpha value is -0.610. The summed E-state index contributed by atoms with van der Waals surface area (Å²) in [5.74, 6) is 0.0772. The van der Waals surface area contributed by atoms with E-state index in [1.54, 1.807) is 7.11 Å². The first-order valence-electron chi connectivity index (χ1n) is 4.68. The summed E-state index contributed by atoms with van der Waals surface area (Å²) in [5.41, 5.74) is 5.52. The lowest BCUT2D eigenvalue weighted by Gasteiger charge is -2.06. The fourth-order valence-corrected chi connectivity index (χ4v) is 0.891. The van der Waals surface area contributed by atoms with Crippen molar-refractivity contribution in [1.82, 2.24) is 5.32 Å². The van der Waals surface area contributed by atoms with E-state index in [1.807, 2.05) is 6.92 Å². The molecule has 4 heteroatoms. The number of carbonyl (C=O) groups is 1. The number of rotatable bonds is 7. The summed E-state index contributed by atoms with van der Waals surface area (Å²) in [4.78, 5) is 11.1. The summed E-state index contributed by atoms with van der Waals surface area (Å²) >= 11 is 0. The second-order valence-corrected chi connectivity index (χ2v) is 3.21. The SMILES string of the molecule is COCCCNC(=O)CCC(C)N. The van der Waals surface area contributed by atoms with Crippen molar-refractivity contribution in [2.45, 2.75) is 32.2 Å². The molecule has 0 aliphatic heterocycles. The maximum absolute atomic E-state index is 11.1. The van der Waals surface area contributed by atoms with Gasteiger partial charge in [0.15, 0.2) is 0 Å². The lowest BCUT2D eigenvalue weighted by molar-refractivity contribution is -0.121. The van der Waals surface area contributed by atoms with E-state index in [2.05, 4.69) is 5.32 Å². The maximum atomic E-state index is 11.1. The summed E-state index contributed by atoms with van der Waals surface area (Å²) < 4.78 is 4.85. The van der Waals surface area contributed by atoms with Gasteiger partial charge in [-0.25, -0.2) is 0 Å². The van der Waals surface area contributed by atoms with Gasteiger partial charge in [-0.15, -0.1) is 0 Å². The molecule has 13 heavy (non-hydrogen) atoms. The number of methoxy groups -OCH3 is 1. The molecule has 0 fully saturated rings. The highest BCUT2D eigenvalue weighted by Crippen LogP contribution is 1.92. The van der Waals surface area contributed by atoms with Gasteiger partial charge in [0, 0.05) is 32.7 Å². The highest BCUT2D eigenvalue weighted by Gasteiger charge is 2.01. The lowest BCUT2D eigenvalue weighted by atomic mass is 10.2. The van der Waals surface area contributed by atoms with E-state index in [1.165, 1.54) is 0 Å². The van der Waals surface area contributed by atoms with E-state index in [4.69, 9.17) is 10.5 Å². The van der Waals surface area contributed by atoms with Crippen molar-refractivity contribution in [3.63, 3.8) is 0 Å². The molecule has 0 rings (SSSR count). The molecule has 0 aliphatic carbocycles. The number of ether oxygens (including phenoxy) is 1. The van der Waals surface area contributed by atoms with Gasteiger partial charge in [0.25, 0.3) is 0 Å². The predicted molar refractivity (Wildman–Crippen MR) is 52.4 cm³/mol. The Morgan fingerprint density at radius 3 is 2.85 bits per heavy atom. The molecule has 0 aromatic carbocycles. The van der Waals surface area contributed by atoms with E-state index < -0.39 is 0 Å². The molecule has 0 aromatic rings. The van der Waals surface area contributed by atoms with Gasteiger partial charge in [0.2, 0.25) is 5.91 Å². The standard InChI is InChI=1S/C9H20N2O2/c1-8(10)4-5-9(12)11-6-3-7-13-2/h8H,3-7,10H2,1-2H3,(H,11,12). The van der Waals surface area contributed by atoms with Gasteiger partial charge in [-0.05, 0) is 19.8 Å². The van der Waals surface area contributed by atoms with Crippen molar-refractivity contribution in [2.75, 3.05) is 20.3 Å². The van der Waals surface area contributed by atoms with Crippen LogP contribution in [-0.2, 0) is 9.53 Å². The third-order valence-electron chi connectivity index (χ3n) is 1.67. The molecule has 0 saturated heterocycles. The van der Waals surface area contributed by atoms with E-state index in [0.717, 1.165) is 12.8 Å².